The van der Waals surface area contributed by atoms with Crippen molar-refractivity contribution < 1.29 is 8.95 Å². The highest BCUT2D eigenvalue weighted by Crippen LogP contribution is 2.29. The van der Waals surface area contributed by atoms with E-state index in [4.69, 9.17) is 10.5 Å². The van der Waals surface area contributed by atoms with Crippen molar-refractivity contribution in [3.8, 4) is 0 Å². The zero-order valence-corrected chi connectivity index (χ0v) is 10.3. The molecule has 1 aliphatic carbocycles. The highest BCUT2D eigenvalue weighted by Gasteiger charge is 2.21. The van der Waals surface area contributed by atoms with Crippen LogP contribution >= 0.6 is 0 Å². The van der Waals surface area contributed by atoms with Crippen molar-refractivity contribution in [1.82, 2.24) is 0 Å². The third-order valence-corrected chi connectivity index (χ3v) is 4.00. The molecule has 0 amide bonds. The minimum atomic E-state index is -1.14. The van der Waals surface area contributed by atoms with E-state index in [1.54, 1.807) is 6.07 Å². The minimum absolute atomic E-state index is 0.254. The number of rotatable bonds is 5. The second kappa shape index (κ2) is 4.97. The number of anilines is 1. The van der Waals surface area contributed by atoms with E-state index in [2.05, 4.69) is 0 Å². The number of hydrogen-bond acceptors (Lipinski definition) is 3. The normalized spacial score (nSPS) is 17.3. The van der Waals surface area contributed by atoms with Gasteiger partial charge in [0, 0.05) is 0 Å². The van der Waals surface area contributed by atoms with Crippen LogP contribution in [-0.2, 0) is 15.5 Å². The van der Waals surface area contributed by atoms with E-state index in [0.29, 0.717) is 16.5 Å². The molecule has 3 nitrogen and oxygen atoms in total. The van der Waals surface area contributed by atoms with Gasteiger partial charge < -0.3 is 10.5 Å². The summed E-state index contributed by atoms with van der Waals surface area (Å²) in [6.45, 7) is 2.65. The van der Waals surface area contributed by atoms with Crippen molar-refractivity contribution in [2.45, 2.75) is 24.7 Å². The van der Waals surface area contributed by atoms with E-state index in [1.807, 2.05) is 19.1 Å². The van der Waals surface area contributed by atoms with E-state index >= 15 is 0 Å². The highest BCUT2D eigenvalue weighted by atomic mass is 32.2. The topological polar surface area (TPSA) is 52.3 Å². The van der Waals surface area contributed by atoms with E-state index in [0.717, 1.165) is 12.2 Å². The molecule has 1 aliphatic rings. The summed E-state index contributed by atoms with van der Waals surface area (Å²) in [7, 11) is -1.14. The van der Waals surface area contributed by atoms with E-state index < -0.39 is 10.8 Å². The molecule has 16 heavy (non-hydrogen) atoms. The first-order chi connectivity index (χ1) is 7.68. The molecule has 0 spiro atoms. The molecule has 1 aromatic rings. The maximum absolute atomic E-state index is 11.9. The van der Waals surface area contributed by atoms with E-state index in [-0.39, 0.29) is 5.94 Å². The lowest BCUT2D eigenvalue weighted by atomic mass is 10.2. The van der Waals surface area contributed by atoms with Gasteiger partial charge in [-0.05, 0) is 37.3 Å². The zero-order valence-electron chi connectivity index (χ0n) is 9.44. The van der Waals surface area contributed by atoms with Crippen LogP contribution in [-0.4, -0.2) is 16.8 Å². The van der Waals surface area contributed by atoms with Gasteiger partial charge >= 0.3 is 0 Å². The summed E-state index contributed by atoms with van der Waals surface area (Å²) in [5.41, 5.74) is 7.47. The molecule has 2 N–H and O–H groups in total. The molecular weight excluding hydrogens is 222 g/mol. The number of ether oxygens (including phenoxy) is 1. The first kappa shape index (κ1) is 11.6. The minimum Gasteiger partial charge on any atom is -0.398 e. The first-order valence-electron chi connectivity index (χ1n) is 5.49. The fraction of sp³-hybridized carbons (Fsp3) is 0.500. The molecule has 1 aromatic carbocycles. The van der Waals surface area contributed by atoms with Gasteiger partial charge in [-0.3, -0.25) is 4.21 Å². The lowest BCUT2D eigenvalue weighted by Gasteiger charge is -2.08. The van der Waals surface area contributed by atoms with E-state index in [9.17, 15) is 4.21 Å². The molecule has 0 aliphatic heterocycles. The maximum Gasteiger partial charge on any atom is 0.126 e. The zero-order chi connectivity index (χ0) is 11.5. The number of para-hydroxylation sites is 1. The maximum atomic E-state index is 11.9. The van der Waals surface area contributed by atoms with Gasteiger partial charge in [-0.15, -0.1) is 0 Å². The Balaban J connectivity index is 1.93. The molecule has 0 heterocycles. The first-order valence-corrected chi connectivity index (χ1v) is 6.81. The van der Waals surface area contributed by atoms with Gasteiger partial charge in [-0.2, -0.15) is 0 Å². The molecule has 1 saturated carbocycles. The SMILES string of the molecule is Cc1cccc(S(=O)COCC2CC2)c1N. The smallest absolute Gasteiger partial charge is 0.126 e. The van der Waals surface area contributed by atoms with Gasteiger partial charge in [0.25, 0.3) is 0 Å². The molecule has 2 rings (SSSR count). The average molecular weight is 239 g/mol. The van der Waals surface area contributed by atoms with Crippen LogP contribution in [0.4, 0.5) is 5.69 Å². The van der Waals surface area contributed by atoms with Gasteiger partial charge in [-0.25, -0.2) is 0 Å². The third-order valence-electron chi connectivity index (χ3n) is 2.77. The van der Waals surface area contributed by atoms with Crippen LogP contribution in [0.15, 0.2) is 23.1 Å². The van der Waals surface area contributed by atoms with Crippen molar-refractivity contribution >= 4 is 16.5 Å². The fourth-order valence-electron chi connectivity index (χ4n) is 1.49. The summed E-state index contributed by atoms with van der Waals surface area (Å²) >= 11 is 0. The number of nitrogen functional groups attached to an aromatic ring is 1. The standard InChI is InChI=1S/C12H17NO2S/c1-9-3-2-4-11(12(9)13)16(14)8-15-7-10-5-6-10/h2-4,10H,5-8,13H2,1H3. The van der Waals surface area contributed by atoms with Crippen LogP contribution in [0.1, 0.15) is 18.4 Å². The molecular formula is C12H17NO2S. The van der Waals surface area contributed by atoms with Crippen LogP contribution in [0.2, 0.25) is 0 Å². The second-order valence-corrected chi connectivity index (χ2v) is 5.63. The summed E-state index contributed by atoms with van der Waals surface area (Å²) in [6.07, 6.45) is 2.50. The van der Waals surface area contributed by atoms with Crippen molar-refractivity contribution in [1.29, 1.82) is 0 Å². The summed E-state index contributed by atoms with van der Waals surface area (Å²) in [5, 5.41) is 0. The number of nitrogens with two attached hydrogens (primary N) is 1. The number of benzene rings is 1. The molecule has 1 fully saturated rings. The van der Waals surface area contributed by atoms with Crippen molar-refractivity contribution in [2.24, 2.45) is 5.92 Å². The molecule has 0 radical (unpaired) electrons. The van der Waals surface area contributed by atoms with Crippen molar-refractivity contribution in [3.05, 3.63) is 23.8 Å². The Morgan fingerprint density at radius 1 is 1.50 bits per heavy atom. The van der Waals surface area contributed by atoms with Gasteiger partial charge in [0.05, 0.1) is 28.0 Å². The quantitative estimate of drug-likeness (QED) is 0.800. The van der Waals surface area contributed by atoms with Crippen LogP contribution in [0.5, 0.6) is 0 Å². The summed E-state index contributed by atoms with van der Waals surface area (Å²) in [6, 6.07) is 5.60. The molecule has 1 unspecified atom stereocenters. The lowest BCUT2D eigenvalue weighted by molar-refractivity contribution is 0.168. The fourth-order valence-corrected chi connectivity index (χ4v) is 2.50. The largest absolute Gasteiger partial charge is 0.398 e. The Bertz CT molecular complexity index is 402. The van der Waals surface area contributed by atoms with Gasteiger partial charge in [0.1, 0.15) is 5.94 Å². The predicted molar refractivity (Wildman–Crippen MR) is 65.5 cm³/mol. The summed E-state index contributed by atoms with van der Waals surface area (Å²) in [4.78, 5) is 0.691. The number of hydrogen-bond donors (Lipinski definition) is 1. The monoisotopic (exact) mass is 239 g/mol. The van der Waals surface area contributed by atoms with Crippen molar-refractivity contribution in [2.75, 3.05) is 18.3 Å². The van der Waals surface area contributed by atoms with Crippen LogP contribution < -0.4 is 5.73 Å². The average Bonchev–Trinajstić information content (AvgIpc) is 3.06. The summed E-state index contributed by atoms with van der Waals surface area (Å²) in [5.74, 6) is 0.955. The van der Waals surface area contributed by atoms with Gasteiger partial charge in [0.15, 0.2) is 0 Å². The van der Waals surface area contributed by atoms with Crippen LogP contribution in [0.3, 0.4) is 0 Å². The molecule has 1 atom stereocenters. The Morgan fingerprint density at radius 2 is 2.25 bits per heavy atom. The number of aryl methyl sites for hydroxylation is 1. The Morgan fingerprint density at radius 3 is 2.94 bits per heavy atom. The Kier molecular flexibility index (Phi) is 3.61. The molecule has 4 heteroatoms. The highest BCUT2D eigenvalue weighted by molar-refractivity contribution is 7.85. The van der Waals surface area contributed by atoms with Crippen molar-refractivity contribution in [3.63, 3.8) is 0 Å². The predicted octanol–water partition coefficient (Wildman–Crippen LogP) is 2.07. The van der Waals surface area contributed by atoms with E-state index in [1.165, 1.54) is 12.8 Å². The Hall–Kier alpha value is -0.870. The molecule has 88 valence electrons. The molecule has 0 bridgehead atoms. The Labute approximate surface area is 98.4 Å². The molecule has 0 saturated heterocycles. The lowest BCUT2D eigenvalue weighted by Crippen LogP contribution is -2.07. The summed E-state index contributed by atoms with van der Waals surface area (Å²) < 4.78 is 17.3. The van der Waals surface area contributed by atoms with Gasteiger partial charge in [0.2, 0.25) is 0 Å². The van der Waals surface area contributed by atoms with Crippen LogP contribution in [0, 0.1) is 12.8 Å². The third kappa shape index (κ3) is 2.83. The van der Waals surface area contributed by atoms with Crippen LogP contribution in [0.25, 0.3) is 0 Å². The molecule has 0 aromatic heterocycles. The van der Waals surface area contributed by atoms with Gasteiger partial charge in [-0.1, -0.05) is 12.1 Å². The second-order valence-electron chi connectivity index (χ2n) is 4.26.